The van der Waals surface area contributed by atoms with Crippen molar-refractivity contribution >= 4 is 27.7 Å². The van der Waals surface area contributed by atoms with Crippen LogP contribution in [0.15, 0.2) is 82.3 Å². The van der Waals surface area contributed by atoms with Crippen LogP contribution in [0.5, 0.6) is 0 Å². The summed E-state index contributed by atoms with van der Waals surface area (Å²) in [4.78, 5) is 12.4. The molecule has 0 saturated carbocycles. The molecule has 0 bridgehead atoms. The first kappa shape index (κ1) is 21.5. The van der Waals surface area contributed by atoms with E-state index in [4.69, 9.17) is 4.42 Å². The van der Waals surface area contributed by atoms with Gasteiger partial charge in [-0.15, -0.1) is 0 Å². The first-order valence-corrected chi connectivity index (χ1v) is 11.0. The molecular weight excluding hydrogens is 400 g/mol. The second kappa shape index (κ2) is 9.56. The minimum absolute atomic E-state index is 0.0784. The van der Waals surface area contributed by atoms with Crippen LogP contribution in [0, 0.1) is 0 Å². The van der Waals surface area contributed by atoms with E-state index in [2.05, 4.69) is 23.9 Å². The van der Waals surface area contributed by atoms with Gasteiger partial charge < -0.3 is 9.73 Å². The van der Waals surface area contributed by atoms with E-state index in [9.17, 15) is 13.2 Å². The summed E-state index contributed by atoms with van der Waals surface area (Å²) < 4.78 is 32.3. The molecule has 0 spiro atoms. The molecule has 7 heteroatoms. The maximum atomic E-state index is 12.4. The lowest BCUT2D eigenvalue weighted by Crippen LogP contribution is -2.22. The zero-order chi connectivity index (χ0) is 21.6. The molecule has 1 amide bonds. The van der Waals surface area contributed by atoms with Crippen molar-refractivity contribution < 1.29 is 17.6 Å². The van der Waals surface area contributed by atoms with E-state index < -0.39 is 10.0 Å². The van der Waals surface area contributed by atoms with E-state index in [1.165, 1.54) is 24.5 Å². The SMILES string of the molecule is CC(C)c1ccccc1NC(=O)/C=C/c1ccc(S(=O)(=O)NCc2ccco2)cc1. The summed E-state index contributed by atoms with van der Waals surface area (Å²) in [5.74, 6) is 0.574. The largest absolute Gasteiger partial charge is 0.468 e. The molecule has 0 aliphatic carbocycles. The lowest BCUT2D eigenvalue weighted by Gasteiger charge is -2.12. The number of hydrogen-bond donors (Lipinski definition) is 2. The van der Waals surface area contributed by atoms with Crippen molar-refractivity contribution in [1.82, 2.24) is 4.72 Å². The van der Waals surface area contributed by atoms with Crippen molar-refractivity contribution in [3.05, 3.63) is 89.9 Å². The summed E-state index contributed by atoms with van der Waals surface area (Å²) in [5, 5.41) is 2.89. The van der Waals surface area contributed by atoms with Gasteiger partial charge in [0.15, 0.2) is 0 Å². The topological polar surface area (TPSA) is 88.4 Å². The normalized spacial score (nSPS) is 11.8. The third-order valence-corrected chi connectivity index (χ3v) is 5.89. The number of rotatable bonds is 8. The number of sulfonamides is 1. The maximum Gasteiger partial charge on any atom is 0.248 e. The highest BCUT2D eigenvalue weighted by molar-refractivity contribution is 7.89. The number of carbonyl (C=O) groups is 1. The molecule has 3 rings (SSSR count). The Labute approximate surface area is 176 Å². The van der Waals surface area contributed by atoms with Gasteiger partial charge in [-0.25, -0.2) is 13.1 Å². The molecule has 3 aromatic rings. The zero-order valence-electron chi connectivity index (χ0n) is 16.8. The Balaban J connectivity index is 1.62. The number of para-hydroxylation sites is 1. The molecule has 6 nitrogen and oxygen atoms in total. The molecule has 1 aromatic heterocycles. The predicted molar refractivity (Wildman–Crippen MR) is 117 cm³/mol. The zero-order valence-corrected chi connectivity index (χ0v) is 17.6. The molecule has 0 unspecified atom stereocenters. The van der Waals surface area contributed by atoms with Crippen molar-refractivity contribution in [2.75, 3.05) is 5.32 Å². The Hall–Kier alpha value is -3.16. The van der Waals surface area contributed by atoms with E-state index in [1.807, 2.05) is 24.3 Å². The predicted octanol–water partition coefficient (Wildman–Crippen LogP) is 4.53. The van der Waals surface area contributed by atoms with E-state index in [0.29, 0.717) is 17.2 Å². The molecule has 2 N–H and O–H groups in total. The molecular formula is C23H24N2O4S. The minimum Gasteiger partial charge on any atom is -0.468 e. The molecule has 2 aromatic carbocycles. The van der Waals surface area contributed by atoms with Gasteiger partial charge in [0, 0.05) is 11.8 Å². The quantitative estimate of drug-likeness (QED) is 0.520. The summed E-state index contributed by atoms with van der Waals surface area (Å²) in [5.41, 5.74) is 2.56. The maximum absolute atomic E-state index is 12.4. The fourth-order valence-electron chi connectivity index (χ4n) is 2.88. The van der Waals surface area contributed by atoms with Gasteiger partial charge in [0.2, 0.25) is 15.9 Å². The third kappa shape index (κ3) is 5.68. The standard InChI is InChI=1S/C23H24N2O4S/c1-17(2)21-7-3-4-8-22(21)25-23(26)14-11-18-9-12-20(13-10-18)30(27,28)24-16-19-6-5-15-29-19/h3-15,17,24H,16H2,1-2H3,(H,25,26)/b14-11+. The highest BCUT2D eigenvalue weighted by Gasteiger charge is 2.14. The molecule has 0 radical (unpaired) electrons. The highest BCUT2D eigenvalue weighted by Crippen LogP contribution is 2.23. The number of furan rings is 1. The second-order valence-corrected chi connectivity index (χ2v) is 8.80. The first-order chi connectivity index (χ1) is 14.3. The number of carbonyl (C=O) groups excluding carboxylic acids is 1. The third-order valence-electron chi connectivity index (χ3n) is 4.47. The first-order valence-electron chi connectivity index (χ1n) is 9.55. The summed E-state index contributed by atoms with van der Waals surface area (Å²) in [6.07, 6.45) is 4.55. The van der Waals surface area contributed by atoms with E-state index in [0.717, 1.165) is 11.3 Å². The Bertz CT molecular complexity index is 1120. The van der Waals surface area contributed by atoms with Crippen LogP contribution in [0.2, 0.25) is 0 Å². The molecule has 0 aliphatic heterocycles. The van der Waals surface area contributed by atoms with Crippen molar-refractivity contribution in [3.8, 4) is 0 Å². The summed E-state index contributed by atoms with van der Waals surface area (Å²) in [7, 11) is -3.65. The molecule has 1 heterocycles. The van der Waals surface area contributed by atoms with Gasteiger partial charge in [-0.05, 0) is 53.5 Å². The van der Waals surface area contributed by atoms with Gasteiger partial charge in [-0.2, -0.15) is 0 Å². The van der Waals surface area contributed by atoms with Crippen LogP contribution in [-0.2, 0) is 21.4 Å². The van der Waals surface area contributed by atoms with Crippen molar-refractivity contribution in [2.45, 2.75) is 31.2 Å². The fourth-order valence-corrected chi connectivity index (χ4v) is 3.87. The van der Waals surface area contributed by atoms with Crippen LogP contribution < -0.4 is 10.0 Å². The fraction of sp³-hybridized carbons (Fsp3) is 0.174. The Kier molecular flexibility index (Phi) is 6.87. The molecule has 156 valence electrons. The van der Waals surface area contributed by atoms with Gasteiger partial charge in [-0.1, -0.05) is 44.2 Å². The number of amides is 1. The highest BCUT2D eigenvalue weighted by atomic mass is 32.2. The second-order valence-electron chi connectivity index (χ2n) is 7.04. The van der Waals surface area contributed by atoms with E-state index >= 15 is 0 Å². The number of hydrogen-bond acceptors (Lipinski definition) is 4. The van der Waals surface area contributed by atoms with Gasteiger partial charge in [-0.3, -0.25) is 4.79 Å². The van der Waals surface area contributed by atoms with E-state index in [1.54, 1.807) is 30.3 Å². The Morgan fingerprint density at radius 3 is 2.43 bits per heavy atom. The van der Waals surface area contributed by atoms with Gasteiger partial charge in [0.25, 0.3) is 0 Å². The van der Waals surface area contributed by atoms with Crippen LogP contribution in [0.1, 0.15) is 36.7 Å². The van der Waals surface area contributed by atoms with Crippen molar-refractivity contribution in [2.24, 2.45) is 0 Å². The van der Waals surface area contributed by atoms with Crippen LogP contribution >= 0.6 is 0 Å². The molecule has 0 saturated heterocycles. The molecule has 30 heavy (non-hydrogen) atoms. The monoisotopic (exact) mass is 424 g/mol. The summed E-state index contributed by atoms with van der Waals surface area (Å²) in [6.45, 7) is 4.22. The average molecular weight is 425 g/mol. The average Bonchev–Trinajstić information content (AvgIpc) is 3.25. The molecule has 0 atom stereocenters. The minimum atomic E-state index is -3.65. The van der Waals surface area contributed by atoms with Gasteiger partial charge >= 0.3 is 0 Å². The number of benzene rings is 2. The number of anilines is 1. The van der Waals surface area contributed by atoms with Crippen LogP contribution in [-0.4, -0.2) is 14.3 Å². The summed E-state index contributed by atoms with van der Waals surface area (Å²) in [6, 6.07) is 17.4. The lowest BCUT2D eigenvalue weighted by atomic mass is 10.0. The van der Waals surface area contributed by atoms with Crippen LogP contribution in [0.25, 0.3) is 6.08 Å². The van der Waals surface area contributed by atoms with Gasteiger partial charge in [0.05, 0.1) is 17.7 Å². The Morgan fingerprint density at radius 1 is 1.03 bits per heavy atom. The van der Waals surface area contributed by atoms with E-state index in [-0.39, 0.29) is 17.3 Å². The summed E-state index contributed by atoms with van der Waals surface area (Å²) >= 11 is 0. The smallest absolute Gasteiger partial charge is 0.248 e. The van der Waals surface area contributed by atoms with Crippen molar-refractivity contribution in [3.63, 3.8) is 0 Å². The van der Waals surface area contributed by atoms with Crippen LogP contribution in [0.3, 0.4) is 0 Å². The molecule has 0 aliphatic rings. The van der Waals surface area contributed by atoms with Crippen molar-refractivity contribution in [1.29, 1.82) is 0 Å². The van der Waals surface area contributed by atoms with Crippen LogP contribution in [0.4, 0.5) is 5.69 Å². The number of nitrogens with one attached hydrogen (secondary N) is 2. The van der Waals surface area contributed by atoms with Gasteiger partial charge in [0.1, 0.15) is 5.76 Å². The molecule has 0 fully saturated rings. The Morgan fingerprint density at radius 2 is 1.77 bits per heavy atom. The lowest BCUT2D eigenvalue weighted by molar-refractivity contribution is -0.111.